The summed E-state index contributed by atoms with van der Waals surface area (Å²) in [7, 11) is 4.67. The van der Waals surface area contributed by atoms with Crippen molar-refractivity contribution >= 4 is 29.0 Å². The predicted molar refractivity (Wildman–Crippen MR) is 165 cm³/mol. The minimum Gasteiger partial charge on any atom is -0.507 e. The number of hydrogen-bond donors (Lipinski definition) is 4. The molecule has 1 amide bonds. The first-order chi connectivity index (χ1) is 21.1. The summed E-state index contributed by atoms with van der Waals surface area (Å²) in [5.41, 5.74) is 2.49. The number of nitrogens with two attached hydrogens (primary N) is 1. The number of amides is 1. The third-order valence-corrected chi connectivity index (χ3v) is 10.2. The molecule has 3 aliphatic rings. The van der Waals surface area contributed by atoms with E-state index in [0.29, 0.717) is 29.0 Å². The summed E-state index contributed by atoms with van der Waals surface area (Å²) in [6.07, 6.45) is 0.998. The van der Waals surface area contributed by atoms with E-state index >= 15 is 0 Å². The number of nitrogens with zero attached hydrogens (tertiary/aromatic N) is 1. The van der Waals surface area contributed by atoms with Crippen molar-refractivity contribution in [2.45, 2.75) is 58.2 Å². The van der Waals surface area contributed by atoms with Crippen LogP contribution in [0.1, 0.15) is 55.1 Å². The molecule has 0 spiro atoms. The summed E-state index contributed by atoms with van der Waals surface area (Å²) in [5.74, 6) is -8.53. The second kappa shape index (κ2) is 11.1. The number of benzene rings is 2. The highest BCUT2D eigenvalue weighted by Gasteiger charge is 2.76. The van der Waals surface area contributed by atoms with Crippen molar-refractivity contribution in [2.75, 3.05) is 27.7 Å². The number of primary amides is 1. The molecule has 2 unspecified atom stereocenters. The molecule has 5 N–H and O–H groups in total. The van der Waals surface area contributed by atoms with Crippen LogP contribution in [0.2, 0.25) is 0 Å². The lowest BCUT2D eigenvalue weighted by molar-refractivity contribution is -0.203. The molecule has 0 bridgehead atoms. The molecule has 11 nitrogen and oxygen atoms in total. The molecule has 240 valence electrons. The molecule has 0 aromatic heterocycles. The highest BCUT2D eigenvalue weighted by atomic mass is 16.5. The number of likely N-dealkylation sites (N-methyl/N-ethyl adjacent to an activating group) is 1. The highest BCUT2D eigenvalue weighted by Crippen LogP contribution is 2.62. The number of aliphatic hydroxyl groups is 1. The second-order valence-corrected chi connectivity index (χ2v) is 13.5. The Labute approximate surface area is 262 Å². The Kier molecular flexibility index (Phi) is 8.04. The summed E-state index contributed by atoms with van der Waals surface area (Å²) in [5, 5.41) is 26.5. The number of ketones is 4. The molecule has 45 heavy (non-hydrogen) atoms. The Morgan fingerprint density at radius 3 is 2.38 bits per heavy atom. The minimum absolute atomic E-state index is 0.0676. The number of fused-ring (bicyclic) bond motifs is 3. The Morgan fingerprint density at radius 1 is 1.09 bits per heavy atom. The van der Waals surface area contributed by atoms with Gasteiger partial charge in [-0.1, -0.05) is 32.9 Å². The average molecular weight is 620 g/mol. The van der Waals surface area contributed by atoms with Gasteiger partial charge in [-0.25, -0.2) is 0 Å². The van der Waals surface area contributed by atoms with E-state index in [9.17, 15) is 34.2 Å². The van der Waals surface area contributed by atoms with Crippen LogP contribution in [0.4, 0.5) is 0 Å². The molecule has 2 aromatic rings. The van der Waals surface area contributed by atoms with E-state index in [1.165, 1.54) is 17.9 Å². The maximum Gasteiger partial charge on any atom is 0.235 e. The number of hydrogen-bond acceptors (Lipinski definition) is 10. The molecule has 0 saturated heterocycles. The number of carbonyl (C=O) groups is 5. The lowest BCUT2D eigenvalue weighted by atomic mass is 9.42. The normalized spacial score (nSPS) is 31.0. The van der Waals surface area contributed by atoms with E-state index < -0.39 is 63.3 Å². The van der Waals surface area contributed by atoms with Gasteiger partial charge in [-0.15, -0.1) is 0 Å². The van der Waals surface area contributed by atoms with Crippen LogP contribution < -0.4 is 15.8 Å². The Balaban J connectivity index is 1.71. The fourth-order valence-electron chi connectivity index (χ4n) is 8.46. The fraction of sp³-hybridized carbons (Fsp3) is 0.500. The maximum absolute atomic E-state index is 14.5. The monoisotopic (exact) mass is 619 g/mol. The summed E-state index contributed by atoms with van der Waals surface area (Å²) in [6, 6.07) is 7.62. The maximum atomic E-state index is 14.5. The minimum atomic E-state index is -2.84. The number of nitrogens with one attached hydrogen (secondary N) is 1. The van der Waals surface area contributed by atoms with Gasteiger partial charge in [-0.3, -0.25) is 28.9 Å². The first kappa shape index (κ1) is 32.5. The highest BCUT2D eigenvalue weighted by molar-refractivity contribution is 6.33. The summed E-state index contributed by atoms with van der Waals surface area (Å²) < 4.78 is 5.70. The summed E-state index contributed by atoms with van der Waals surface area (Å²) >= 11 is 0. The van der Waals surface area contributed by atoms with Gasteiger partial charge in [0.15, 0.2) is 34.7 Å². The van der Waals surface area contributed by atoms with E-state index in [1.54, 1.807) is 34.2 Å². The Hall–Kier alpha value is -3.93. The van der Waals surface area contributed by atoms with Gasteiger partial charge in [0.05, 0.1) is 24.6 Å². The smallest absolute Gasteiger partial charge is 0.235 e. The first-order valence-corrected chi connectivity index (χ1v) is 15.2. The number of ether oxygens (including phenoxy) is 1. The third kappa shape index (κ3) is 4.54. The Morgan fingerprint density at radius 2 is 1.78 bits per heavy atom. The van der Waals surface area contributed by atoms with Gasteiger partial charge in [0.2, 0.25) is 5.91 Å². The standard InChI is InChI=1S/C34H41N3O8/c1-7-12-36-15-17-8-11-22(45-6)19(13-17)18-9-10-21(38)23-20(18)14-32(2)16-33(3)28(37(4)5)27(40)24(31(35)43)29(41)34(33,44)30(42)25(32)26(23)39/h8-11,13,24-25,28,36,38,44H,7,12,14-16H2,1-6H3,(H2,35,43)/t24?,25?,28-,32+,33+,34-/m1/s1. The topological polar surface area (TPSA) is 176 Å². The van der Waals surface area contributed by atoms with Crippen LogP contribution in [0.5, 0.6) is 11.5 Å². The van der Waals surface area contributed by atoms with Crippen molar-refractivity contribution in [3.63, 3.8) is 0 Å². The second-order valence-electron chi connectivity index (χ2n) is 13.5. The van der Waals surface area contributed by atoms with E-state index in [2.05, 4.69) is 12.2 Å². The zero-order valence-corrected chi connectivity index (χ0v) is 26.5. The largest absolute Gasteiger partial charge is 0.507 e. The van der Waals surface area contributed by atoms with Gasteiger partial charge in [0, 0.05) is 17.5 Å². The third-order valence-electron chi connectivity index (χ3n) is 10.2. The van der Waals surface area contributed by atoms with Crippen LogP contribution in [-0.4, -0.2) is 83.5 Å². The summed E-state index contributed by atoms with van der Waals surface area (Å²) in [4.78, 5) is 70.0. The lowest BCUT2D eigenvalue weighted by Crippen LogP contribution is -2.79. The molecule has 6 atom stereocenters. The number of carbonyl (C=O) groups excluding carboxylic acids is 5. The molecular weight excluding hydrogens is 578 g/mol. The van der Waals surface area contributed by atoms with Crippen LogP contribution >= 0.6 is 0 Å². The van der Waals surface area contributed by atoms with Gasteiger partial charge in [0.1, 0.15) is 11.5 Å². The van der Waals surface area contributed by atoms with Crippen LogP contribution in [0, 0.1) is 22.7 Å². The van der Waals surface area contributed by atoms with Crippen LogP contribution in [0.3, 0.4) is 0 Å². The molecule has 2 fully saturated rings. The van der Waals surface area contributed by atoms with Crippen LogP contribution in [-0.2, 0) is 32.1 Å². The predicted octanol–water partition coefficient (Wildman–Crippen LogP) is 1.82. The molecule has 2 aromatic carbocycles. The molecule has 0 radical (unpaired) electrons. The zero-order valence-electron chi connectivity index (χ0n) is 26.5. The average Bonchev–Trinajstić information content (AvgIpc) is 2.94. The van der Waals surface area contributed by atoms with E-state index in [4.69, 9.17) is 10.5 Å². The van der Waals surface area contributed by atoms with Crippen molar-refractivity contribution < 1.29 is 38.9 Å². The fourth-order valence-corrected chi connectivity index (χ4v) is 8.46. The van der Waals surface area contributed by atoms with Crippen molar-refractivity contribution in [1.29, 1.82) is 0 Å². The Bertz CT molecular complexity index is 1640. The SMILES string of the molecule is CCCNCc1ccc(OC)c(-c2ccc(O)c3c2C[C@@]2(C)C[C@@]4(C)[C@H](N(C)C)C(=O)C(C(N)=O)C(=O)[C@@]4(O)C(=O)C2C3=O)c1. The number of aromatic hydroxyl groups is 1. The van der Waals surface area contributed by atoms with Gasteiger partial charge in [-0.05, 0) is 80.2 Å². The number of phenols is 1. The summed E-state index contributed by atoms with van der Waals surface area (Å²) in [6.45, 7) is 6.74. The molecular formula is C34H41N3O8. The van der Waals surface area contributed by atoms with E-state index in [1.807, 2.05) is 18.2 Å². The van der Waals surface area contributed by atoms with Gasteiger partial charge >= 0.3 is 0 Å². The first-order valence-electron chi connectivity index (χ1n) is 15.2. The molecule has 0 aliphatic heterocycles. The molecule has 5 rings (SSSR count). The number of methoxy groups -OCH3 is 1. The lowest BCUT2D eigenvalue weighted by Gasteiger charge is -2.61. The van der Waals surface area contributed by atoms with Crippen LogP contribution in [0.15, 0.2) is 30.3 Å². The quantitative estimate of drug-likeness (QED) is 0.252. The van der Waals surface area contributed by atoms with Crippen molar-refractivity contribution in [2.24, 2.45) is 28.4 Å². The van der Waals surface area contributed by atoms with Crippen molar-refractivity contribution in [1.82, 2.24) is 10.2 Å². The van der Waals surface area contributed by atoms with Crippen molar-refractivity contribution in [3.05, 3.63) is 47.0 Å². The zero-order chi connectivity index (χ0) is 33.2. The van der Waals surface area contributed by atoms with E-state index in [0.717, 1.165) is 18.5 Å². The van der Waals surface area contributed by atoms with Gasteiger partial charge in [0.25, 0.3) is 0 Å². The number of rotatable bonds is 8. The number of phenolic OH excluding ortho intramolecular Hbond substituents is 1. The van der Waals surface area contributed by atoms with Crippen LogP contribution in [0.25, 0.3) is 11.1 Å². The van der Waals surface area contributed by atoms with Crippen molar-refractivity contribution in [3.8, 4) is 22.6 Å². The molecule has 3 aliphatic carbocycles. The molecule has 2 saturated carbocycles. The van der Waals surface area contributed by atoms with Gasteiger partial charge < -0.3 is 26.0 Å². The van der Waals surface area contributed by atoms with Gasteiger partial charge in [-0.2, -0.15) is 0 Å². The number of Topliss-reactive ketones (excluding diaryl/α,β-unsaturated/α-hetero) is 4. The molecule has 11 heteroatoms. The van der Waals surface area contributed by atoms with E-state index in [-0.39, 0.29) is 24.2 Å². The molecule has 0 heterocycles.